The summed E-state index contributed by atoms with van der Waals surface area (Å²) in [5.74, 6) is -0.0905. The van der Waals surface area contributed by atoms with Crippen LogP contribution in [-0.4, -0.2) is 29.8 Å². The second-order valence-electron chi connectivity index (χ2n) is 8.47. The molecule has 0 aromatic heterocycles. The number of hydrogen-bond donors (Lipinski definition) is 1. The van der Waals surface area contributed by atoms with Gasteiger partial charge in [-0.05, 0) is 64.9 Å². The minimum atomic E-state index is -0.493. The molecule has 1 amide bonds. The topological polar surface area (TPSA) is 64.6 Å². The van der Waals surface area contributed by atoms with E-state index in [1.54, 1.807) is 0 Å². The maximum absolute atomic E-state index is 12.7. The Morgan fingerprint density at radius 1 is 1.04 bits per heavy atom. The van der Waals surface area contributed by atoms with Gasteiger partial charge in [0.25, 0.3) is 0 Å². The summed E-state index contributed by atoms with van der Waals surface area (Å²) in [7, 11) is 0. The van der Waals surface area contributed by atoms with E-state index in [-0.39, 0.29) is 24.2 Å². The van der Waals surface area contributed by atoms with Gasteiger partial charge in [-0.25, -0.2) is 4.79 Å². The molecule has 2 aliphatic rings. The Kier molecular flexibility index (Phi) is 5.26. The highest BCUT2D eigenvalue weighted by molar-refractivity contribution is 5.86. The van der Waals surface area contributed by atoms with Crippen LogP contribution >= 0.6 is 0 Å². The minimum Gasteiger partial charge on any atom is -0.462 e. The van der Waals surface area contributed by atoms with Crippen molar-refractivity contribution in [2.75, 3.05) is 0 Å². The van der Waals surface area contributed by atoms with Gasteiger partial charge in [0.1, 0.15) is 11.7 Å². The zero-order valence-electron chi connectivity index (χ0n) is 15.9. The summed E-state index contributed by atoms with van der Waals surface area (Å²) in [5.41, 5.74) is 0.143. The van der Waals surface area contributed by atoms with E-state index in [1.165, 1.54) is 0 Å². The second kappa shape index (κ2) is 7.29. The van der Waals surface area contributed by atoms with Crippen LogP contribution in [0.3, 0.4) is 0 Å². The molecule has 0 heterocycles. The molecule has 3 rings (SSSR count). The summed E-state index contributed by atoms with van der Waals surface area (Å²) in [5, 5.41) is 2.92. The number of alkyl carbamates (subject to hydrolysis) is 1. The monoisotopic (exact) mass is 359 g/mol. The summed E-state index contributed by atoms with van der Waals surface area (Å²) in [6, 6.07) is 10.0. The molecule has 0 unspecified atom stereocenters. The van der Waals surface area contributed by atoms with Crippen LogP contribution in [0.15, 0.2) is 30.3 Å². The van der Waals surface area contributed by atoms with Crippen LogP contribution in [-0.2, 0) is 19.7 Å². The number of esters is 1. The first-order chi connectivity index (χ1) is 12.3. The van der Waals surface area contributed by atoms with Gasteiger partial charge >= 0.3 is 12.1 Å². The Morgan fingerprint density at radius 3 is 2.19 bits per heavy atom. The van der Waals surface area contributed by atoms with E-state index in [0.29, 0.717) is 0 Å². The number of amides is 1. The number of rotatable bonds is 4. The molecule has 142 valence electrons. The fraction of sp³-hybridized carbons (Fsp3) is 0.619. The molecule has 26 heavy (non-hydrogen) atoms. The van der Waals surface area contributed by atoms with Crippen molar-refractivity contribution in [3.63, 3.8) is 0 Å². The first kappa shape index (κ1) is 18.7. The maximum atomic E-state index is 12.7. The maximum Gasteiger partial charge on any atom is 0.407 e. The molecule has 1 aromatic carbocycles. The molecule has 1 N–H and O–H groups in total. The summed E-state index contributed by atoms with van der Waals surface area (Å²) in [6.07, 6.45) is 4.45. The van der Waals surface area contributed by atoms with Crippen molar-refractivity contribution in [3.8, 4) is 0 Å². The van der Waals surface area contributed by atoms with Crippen LogP contribution in [0.2, 0.25) is 0 Å². The average molecular weight is 359 g/mol. The molecule has 1 aromatic rings. The Bertz CT molecular complexity index is 638. The van der Waals surface area contributed by atoms with E-state index in [4.69, 9.17) is 9.47 Å². The van der Waals surface area contributed by atoms with Gasteiger partial charge in [-0.15, -0.1) is 0 Å². The van der Waals surface area contributed by atoms with Crippen LogP contribution in [0, 0.1) is 0 Å². The lowest BCUT2D eigenvalue weighted by atomic mass is 9.92. The van der Waals surface area contributed by atoms with Crippen LogP contribution in [0.1, 0.15) is 64.9 Å². The number of carbonyl (C=O) groups is 2. The largest absolute Gasteiger partial charge is 0.462 e. The smallest absolute Gasteiger partial charge is 0.407 e. The molecule has 0 saturated heterocycles. The highest BCUT2D eigenvalue weighted by Crippen LogP contribution is 2.49. The van der Waals surface area contributed by atoms with Gasteiger partial charge < -0.3 is 14.8 Å². The van der Waals surface area contributed by atoms with Crippen molar-refractivity contribution in [2.45, 2.75) is 82.5 Å². The van der Waals surface area contributed by atoms with Gasteiger partial charge in [-0.1, -0.05) is 30.3 Å². The van der Waals surface area contributed by atoms with Gasteiger partial charge in [-0.3, -0.25) is 4.79 Å². The second-order valence-corrected chi connectivity index (χ2v) is 8.47. The van der Waals surface area contributed by atoms with Gasteiger partial charge in [-0.2, -0.15) is 0 Å². The fourth-order valence-corrected chi connectivity index (χ4v) is 3.56. The lowest BCUT2D eigenvalue weighted by Gasteiger charge is -2.30. The number of nitrogens with one attached hydrogen (secondary N) is 1. The minimum absolute atomic E-state index is 0.0552. The zero-order valence-corrected chi connectivity index (χ0v) is 15.9. The van der Waals surface area contributed by atoms with Gasteiger partial charge in [0.05, 0.1) is 5.41 Å². The molecular weight excluding hydrogens is 330 g/mol. The summed E-state index contributed by atoms with van der Waals surface area (Å²) >= 11 is 0. The van der Waals surface area contributed by atoms with Crippen LogP contribution in [0.5, 0.6) is 0 Å². The molecule has 2 fully saturated rings. The third kappa shape index (κ3) is 4.57. The van der Waals surface area contributed by atoms with E-state index in [1.807, 2.05) is 51.1 Å². The SMILES string of the molecule is CC(C)(C)OC(=O)NC1CCC(OC(=O)C2(c3ccccc3)CC2)CC1. The predicted molar refractivity (Wildman–Crippen MR) is 98.9 cm³/mol. The Labute approximate surface area is 155 Å². The Morgan fingerprint density at radius 2 is 1.65 bits per heavy atom. The summed E-state index contributed by atoms with van der Waals surface area (Å²) in [4.78, 5) is 24.6. The summed E-state index contributed by atoms with van der Waals surface area (Å²) < 4.78 is 11.1. The van der Waals surface area contributed by atoms with Crippen molar-refractivity contribution < 1.29 is 19.1 Å². The molecule has 0 radical (unpaired) electrons. The summed E-state index contributed by atoms with van der Waals surface area (Å²) in [6.45, 7) is 5.55. The molecule has 0 bridgehead atoms. The standard InChI is InChI=1S/C21H29NO4/c1-20(2,3)26-19(24)22-16-9-11-17(12-10-16)25-18(23)21(13-14-21)15-7-5-4-6-8-15/h4-8,16-17H,9-14H2,1-3H3,(H,22,24). The molecule has 5 heteroatoms. The van der Waals surface area contributed by atoms with E-state index < -0.39 is 11.0 Å². The van der Waals surface area contributed by atoms with Crippen molar-refractivity contribution in [3.05, 3.63) is 35.9 Å². The quantitative estimate of drug-likeness (QED) is 0.822. The van der Waals surface area contributed by atoms with E-state index in [9.17, 15) is 9.59 Å². The van der Waals surface area contributed by atoms with Gasteiger partial charge in [0.15, 0.2) is 0 Å². The normalized spacial score (nSPS) is 24.4. The van der Waals surface area contributed by atoms with E-state index >= 15 is 0 Å². The fourth-order valence-electron chi connectivity index (χ4n) is 3.56. The van der Waals surface area contributed by atoms with Crippen LogP contribution in [0.4, 0.5) is 4.79 Å². The lowest BCUT2D eigenvalue weighted by molar-refractivity contribution is -0.154. The first-order valence-corrected chi connectivity index (χ1v) is 9.55. The van der Waals surface area contributed by atoms with Crippen LogP contribution in [0.25, 0.3) is 0 Å². The molecule has 0 atom stereocenters. The number of hydrogen-bond acceptors (Lipinski definition) is 4. The molecule has 2 saturated carbocycles. The first-order valence-electron chi connectivity index (χ1n) is 9.55. The van der Waals surface area contributed by atoms with Crippen molar-refractivity contribution in [2.24, 2.45) is 0 Å². The Balaban J connectivity index is 1.46. The molecule has 0 spiro atoms. The van der Waals surface area contributed by atoms with Gasteiger partial charge in [0, 0.05) is 6.04 Å². The molecule has 5 nitrogen and oxygen atoms in total. The van der Waals surface area contributed by atoms with Crippen molar-refractivity contribution >= 4 is 12.1 Å². The number of benzene rings is 1. The van der Waals surface area contributed by atoms with Crippen molar-refractivity contribution in [1.29, 1.82) is 0 Å². The molecule has 0 aliphatic heterocycles. The molecular formula is C21H29NO4. The third-order valence-corrected chi connectivity index (χ3v) is 5.14. The number of ether oxygens (including phenoxy) is 2. The van der Waals surface area contributed by atoms with Gasteiger partial charge in [0.2, 0.25) is 0 Å². The molecule has 2 aliphatic carbocycles. The highest BCUT2D eigenvalue weighted by Gasteiger charge is 2.53. The highest BCUT2D eigenvalue weighted by atomic mass is 16.6. The predicted octanol–water partition coefficient (Wildman–Crippen LogP) is 4.10. The lowest BCUT2D eigenvalue weighted by Crippen LogP contribution is -2.42. The van der Waals surface area contributed by atoms with Crippen LogP contribution < -0.4 is 5.32 Å². The van der Waals surface area contributed by atoms with E-state index in [0.717, 1.165) is 44.1 Å². The zero-order chi connectivity index (χ0) is 18.8. The average Bonchev–Trinajstić information content (AvgIpc) is 3.38. The van der Waals surface area contributed by atoms with Crippen molar-refractivity contribution in [1.82, 2.24) is 5.32 Å². The number of carbonyl (C=O) groups excluding carboxylic acids is 2. The Hall–Kier alpha value is -2.04. The van der Waals surface area contributed by atoms with E-state index in [2.05, 4.69) is 5.32 Å². The third-order valence-electron chi connectivity index (χ3n) is 5.14.